The summed E-state index contributed by atoms with van der Waals surface area (Å²) in [6.07, 6.45) is 4.80. The number of hydrogen-bond donors (Lipinski definition) is 1. The molecule has 4 nitrogen and oxygen atoms in total. The van der Waals surface area contributed by atoms with Crippen LogP contribution < -0.4 is 5.32 Å². The highest BCUT2D eigenvalue weighted by molar-refractivity contribution is 7.17. The average molecular weight is 406 g/mol. The number of amides is 1. The second kappa shape index (κ2) is 8.57. The molecule has 1 aliphatic rings. The van der Waals surface area contributed by atoms with Gasteiger partial charge in [-0.3, -0.25) is 4.79 Å². The fraction of sp³-hybridized carbons (Fsp3) is 0.524. The van der Waals surface area contributed by atoms with E-state index in [0.29, 0.717) is 22.0 Å². The van der Waals surface area contributed by atoms with Gasteiger partial charge in [0.25, 0.3) is 5.91 Å². The number of thiophene rings is 2. The minimum absolute atomic E-state index is 0.157. The number of carbonyl (C=O) groups is 2. The molecule has 0 aliphatic heterocycles. The third kappa shape index (κ3) is 4.43. The maximum atomic E-state index is 12.8. The van der Waals surface area contributed by atoms with E-state index in [1.807, 2.05) is 25.3 Å². The van der Waals surface area contributed by atoms with Gasteiger partial charge in [0.05, 0.1) is 17.2 Å². The van der Waals surface area contributed by atoms with E-state index >= 15 is 0 Å². The Morgan fingerprint density at radius 2 is 2.11 bits per heavy atom. The number of esters is 1. The SMILES string of the molecule is CCc1cc(C(=O)Nc2sc3c(c2C(=O)OC(C)C)CC[C@H](CC)C3)cs1. The normalized spacial score (nSPS) is 16.3. The first-order valence-corrected chi connectivity index (χ1v) is 11.4. The Morgan fingerprint density at radius 1 is 1.33 bits per heavy atom. The lowest BCUT2D eigenvalue weighted by Gasteiger charge is -2.21. The van der Waals surface area contributed by atoms with Crippen LogP contribution in [0.3, 0.4) is 0 Å². The number of aryl methyl sites for hydroxylation is 1. The molecule has 146 valence electrons. The van der Waals surface area contributed by atoms with E-state index in [-0.39, 0.29) is 18.0 Å². The van der Waals surface area contributed by atoms with Gasteiger partial charge in [-0.2, -0.15) is 0 Å². The predicted molar refractivity (Wildman–Crippen MR) is 112 cm³/mol. The van der Waals surface area contributed by atoms with Crippen LogP contribution in [0.5, 0.6) is 0 Å². The first kappa shape index (κ1) is 20.1. The third-order valence-electron chi connectivity index (χ3n) is 4.98. The minimum Gasteiger partial charge on any atom is -0.459 e. The van der Waals surface area contributed by atoms with Gasteiger partial charge in [0, 0.05) is 15.1 Å². The summed E-state index contributed by atoms with van der Waals surface area (Å²) in [7, 11) is 0. The fourth-order valence-corrected chi connectivity index (χ4v) is 5.60. The van der Waals surface area contributed by atoms with Gasteiger partial charge in [0.15, 0.2) is 0 Å². The summed E-state index contributed by atoms with van der Waals surface area (Å²) in [6.45, 7) is 7.98. The molecule has 0 saturated carbocycles. The van der Waals surface area contributed by atoms with E-state index in [2.05, 4.69) is 19.2 Å². The lowest BCUT2D eigenvalue weighted by molar-refractivity contribution is 0.0378. The zero-order chi connectivity index (χ0) is 19.6. The van der Waals surface area contributed by atoms with E-state index in [1.165, 1.54) is 9.75 Å². The van der Waals surface area contributed by atoms with E-state index in [4.69, 9.17) is 4.74 Å². The molecule has 1 amide bonds. The number of rotatable bonds is 6. The summed E-state index contributed by atoms with van der Waals surface area (Å²) in [5, 5.41) is 5.51. The Bertz CT molecular complexity index is 835. The summed E-state index contributed by atoms with van der Waals surface area (Å²) in [5.74, 6) is 0.167. The van der Waals surface area contributed by atoms with Crippen molar-refractivity contribution >= 4 is 39.6 Å². The Morgan fingerprint density at radius 3 is 2.74 bits per heavy atom. The monoisotopic (exact) mass is 405 g/mol. The number of fused-ring (bicyclic) bond motifs is 1. The van der Waals surface area contributed by atoms with E-state index in [0.717, 1.165) is 37.7 Å². The van der Waals surface area contributed by atoms with Crippen LogP contribution in [0.1, 0.15) is 76.6 Å². The van der Waals surface area contributed by atoms with Crippen LogP contribution in [0.25, 0.3) is 0 Å². The predicted octanol–water partition coefficient (Wildman–Crippen LogP) is 5.70. The summed E-state index contributed by atoms with van der Waals surface area (Å²) >= 11 is 3.13. The van der Waals surface area contributed by atoms with Crippen LogP contribution >= 0.6 is 22.7 Å². The van der Waals surface area contributed by atoms with Crippen molar-refractivity contribution in [3.8, 4) is 0 Å². The Labute approximate surface area is 168 Å². The van der Waals surface area contributed by atoms with Gasteiger partial charge in [-0.05, 0) is 57.1 Å². The second-order valence-electron chi connectivity index (χ2n) is 7.29. The van der Waals surface area contributed by atoms with Gasteiger partial charge in [0.2, 0.25) is 0 Å². The van der Waals surface area contributed by atoms with Crippen molar-refractivity contribution in [1.82, 2.24) is 0 Å². The maximum absolute atomic E-state index is 12.8. The second-order valence-corrected chi connectivity index (χ2v) is 9.39. The summed E-state index contributed by atoms with van der Waals surface area (Å²) < 4.78 is 5.48. The average Bonchev–Trinajstić information content (AvgIpc) is 3.24. The Hall–Kier alpha value is -1.66. The van der Waals surface area contributed by atoms with E-state index in [1.54, 1.807) is 22.7 Å². The van der Waals surface area contributed by atoms with Crippen molar-refractivity contribution in [2.75, 3.05) is 5.32 Å². The van der Waals surface area contributed by atoms with Crippen LogP contribution in [-0.4, -0.2) is 18.0 Å². The molecule has 3 rings (SSSR count). The highest BCUT2D eigenvalue weighted by atomic mass is 32.1. The van der Waals surface area contributed by atoms with Gasteiger partial charge in [-0.25, -0.2) is 4.79 Å². The highest BCUT2D eigenvalue weighted by Gasteiger charge is 2.30. The van der Waals surface area contributed by atoms with Gasteiger partial charge >= 0.3 is 5.97 Å². The molecule has 0 fully saturated rings. The number of ether oxygens (including phenoxy) is 1. The molecule has 1 aliphatic carbocycles. The van der Waals surface area contributed by atoms with Crippen molar-refractivity contribution in [1.29, 1.82) is 0 Å². The fourth-order valence-electron chi connectivity index (χ4n) is 3.44. The summed E-state index contributed by atoms with van der Waals surface area (Å²) in [6, 6.07) is 1.92. The molecule has 0 spiro atoms. The van der Waals surface area contributed by atoms with Crippen molar-refractivity contribution in [3.63, 3.8) is 0 Å². The third-order valence-corrected chi connectivity index (χ3v) is 7.23. The molecular weight excluding hydrogens is 378 g/mol. The van der Waals surface area contributed by atoms with Crippen LogP contribution in [0.15, 0.2) is 11.4 Å². The molecule has 0 unspecified atom stereocenters. The van der Waals surface area contributed by atoms with Crippen molar-refractivity contribution in [2.45, 2.75) is 65.9 Å². The molecule has 0 aromatic carbocycles. The number of nitrogens with one attached hydrogen (secondary N) is 1. The number of hydrogen-bond acceptors (Lipinski definition) is 5. The molecule has 1 N–H and O–H groups in total. The first-order chi connectivity index (χ1) is 12.9. The van der Waals surface area contributed by atoms with Gasteiger partial charge in [-0.15, -0.1) is 22.7 Å². The molecule has 6 heteroatoms. The molecule has 0 saturated heterocycles. The molecule has 2 aromatic heterocycles. The van der Waals surface area contributed by atoms with Crippen LogP contribution in [0.2, 0.25) is 0 Å². The molecule has 1 atom stereocenters. The van der Waals surface area contributed by atoms with Gasteiger partial charge < -0.3 is 10.1 Å². The first-order valence-electron chi connectivity index (χ1n) is 9.67. The molecule has 2 heterocycles. The lowest BCUT2D eigenvalue weighted by atomic mass is 9.85. The maximum Gasteiger partial charge on any atom is 0.341 e. The van der Waals surface area contributed by atoms with Crippen LogP contribution in [-0.2, 0) is 24.0 Å². The van der Waals surface area contributed by atoms with Crippen molar-refractivity contribution < 1.29 is 14.3 Å². The lowest BCUT2D eigenvalue weighted by Crippen LogP contribution is -2.19. The minimum atomic E-state index is -0.327. The zero-order valence-corrected chi connectivity index (χ0v) is 18.0. The Balaban J connectivity index is 1.92. The zero-order valence-electron chi connectivity index (χ0n) is 16.4. The van der Waals surface area contributed by atoms with Crippen LogP contribution in [0, 0.1) is 5.92 Å². The molecule has 27 heavy (non-hydrogen) atoms. The van der Waals surface area contributed by atoms with Gasteiger partial charge in [0.1, 0.15) is 5.00 Å². The molecule has 0 radical (unpaired) electrons. The van der Waals surface area contributed by atoms with E-state index in [9.17, 15) is 9.59 Å². The number of carbonyl (C=O) groups excluding carboxylic acids is 2. The quantitative estimate of drug-likeness (QED) is 0.627. The highest BCUT2D eigenvalue weighted by Crippen LogP contribution is 2.41. The van der Waals surface area contributed by atoms with Crippen molar-refractivity contribution in [3.05, 3.63) is 37.9 Å². The molecular formula is C21H27NO3S2. The molecule has 0 bridgehead atoms. The largest absolute Gasteiger partial charge is 0.459 e. The van der Waals surface area contributed by atoms with E-state index < -0.39 is 0 Å². The Kier molecular flexibility index (Phi) is 6.37. The smallest absolute Gasteiger partial charge is 0.341 e. The summed E-state index contributed by atoms with van der Waals surface area (Å²) in [5.41, 5.74) is 2.29. The summed E-state index contributed by atoms with van der Waals surface area (Å²) in [4.78, 5) is 27.9. The van der Waals surface area contributed by atoms with Gasteiger partial charge in [-0.1, -0.05) is 20.3 Å². The standard InChI is InChI=1S/C21H27NO3S2/c1-5-13-7-8-16-17(9-13)27-20(18(16)21(24)25-12(3)4)22-19(23)14-10-15(6-2)26-11-14/h10-13H,5-9H2,1-4H3,(H,22,23)/t13-/m0/s1. The van der Waals surface area contributed by atoms with Crippen LogP contribution in [0.4, 0.5) is 5.00 Å². The number of anilines is 1. The topological polar surface area (TPSA) is 55.4 Å². The molecule has 2 aromatic rings. The van der Waals surface area contributed by atoms with Crippen molar-refractivity contribution in [2.24, 2.45) is 5.92 Å².